The number of aromatic nitrogens is 4. The van der Waals surface area contributed by atoms with E-state index < -0.39 is 41.9 Å². The summed E-state index contributed by atoms with van der Waals surface area (Å²) < 4.78 is 26.3. The van der Waals surface area contributed by atoms with E-state index in [9.17, 15) is 14.4 Å². The molecule has 6 rings (SSSR count). The van der Waals surface area contributed by atoms with Crippen LogP contribution >= 0.6 is 0 Å². The fourth-order valence-corrected chi connectivity index (χ4v) is 5.63. The fraction of sp³-hybridized carbons (Fsp3) is 0.200. The highest BCUT2D eigenvalue weighted by atomic mass is 16.7. The lowest BCUT2D eigenvalue weighted by atomic mass is 9.89. The molecule has 1 saturated heterocycles. The summed E-state index contributed by atoms with van der Waals surface area (Å²) in [5.74, 6) is -2.05. The van der Waals surface area contributed by atoms with Gasteiger partial charge >= 0.3 is 17.9 Å². The summed E-state index contributed by atoms with van der Waals surface area (Å²) in [6.07, 6.45) is -0.705. The summed E-state index contributed by atoms with van der Waals surface area (Å²) in [6.45, 7) is 5.30. The molecule has 12 heteroatoms. The SMILES string of the molecule is C=CC[C@]1(OC(=O)c2ccccc2)C(n2cnc3c(C)nc(N)nc32)OC(COC(=O)c2ccccc2)[C@H]1OC(=O)c1ccccc1. The van der Waals surface area contributed by atoms with Crippen molar-refractivity contribution in [2.45, 2.75) is 37.4 Å². The van der Waals surface area contributed by atoms with Gasteiger partial charge in [-0.1, -0.05) is 60.7 Å². The van der Waals surface area contributed by atoms with E-state index in [1.807, 2.05) is 0 Å². The summed E-state index contributed by atoms with van der Waals surface area (Å²) >= 11 is 0. The lowest BCUT2D eigenvalue weighted by Gasteiger charge is -2.37. The maximum Gasteiger partial charge on any atom is 0.338 e. The second kappa shape index (κ2) is 13.2. The third-order valence-electron chi connectivity index (χ3n) is 7.79. The molecule has 0 spiro atoms. The average Bonchev–Trinajstić information content (AvgIpc) is 3.63. The van der Waals surface area contributed by atoms with E-state index >= 15 is 0 Å². The van der Waals surface area contributed by atoms with Crippen LogP contribution in [-0.2, 0) is 18.9 Å². The average molecular weight is 634 g/mol. The van der Waals surface area contributed by atoms with Gasteiger partial charge in [-0.2, -0.15) is 4.98 Å². The Hall–Kier alpha value is -5.88. The molecule has 4 atom stereocenters. The highest BCUT2D eigenvalue weighted by Gasteiger charge is 2.63. The molecule has 5 aromatic rings. The van der Waals surface area contributed by atoms with Gasteiger partial charge in [0.25, 0.3) is 0 Å². The Morgan fingerprint density at radius 1 is 0.894 bits per heavy atom. The lowest BCUT2D eigenvalue weighted by Crippen LogP contribution is -2.52. The zero-order valence-electron chi connectivity index (χ0n) is 25.4. The van der Waals surface area contributed by atoms with Crippen molar-refractivity contribution in [1.82, 2.24) is 19.5 Å². The molecule has 238 valence electrons. The summed E-state index contributed by atoms with van der Waals surface area (Å²) in [4.78, 5) is 53.6. The van der Waals surface area contributed by atoms with Gasteiger partial charge in [0.1, 0.15) is 18.2 Å². The molecule has 3 aromatic carbocycles. The van der Waals surface area contributed by atoms with Gasteiger partial charge in [-0.25, -0.2) is 24.4 Å². The third kappa shape index (κ3) is 6.18. The van der Waals surface area contributed by atoms with Crippen LogP contribution in [0.15, 0.2) is 110 Å². The second-order valence-electron chi connectivity index (χ2n) is 10.9. The molecule has 1 aliphatic rings. The Bertz CT molecular complexity index is 1920. The Morgan fingerprint density at radius 3 is 2.06 bits per heavy atom. The number of ether oxygens (including phenoxy) is 4. The minimum absolute atomic E-state index is 0.00857. The largest absolute Gasteiger partial charge is 0.459 e. The number of rotatable bonds is 10. The van der Waals surface area contributed by atoms with Crippen molar-refractivity contribution in [3.8, 4) is 0 Å². The number of nitrogens with two attached hydrogens (primary N) is 1. The normalized spacial score (nSPS) is 20.4. The third-order valence-corrected chi connectivity index (χ3v) is 7.79. The van der Waals surface area contributed by atoms with Crippen LogP contribution in [0.5, 0.6) is 0 Å². The van der Waals surface area contributed by atoms with E-state index in [2.05, 4.69) is 21.5 Å². The molecule has 1 fully saturated rings. The Morgan fingerprint density at radius 2 is 1.47 bits per heavy atom. The number of carbonyl (C=O) groups is 3. The number of hydrogen-bond acceptors (Lipinski definition) is 11. The van der Waals surface area contributed by atoms with Crippen LogP contribution in [0, 0.1) is 6.92 Å². The van der Waals surface area contributed by atoms with Crippen LogP contribution < -0.4 is 5.73 Å². The van der Waals surface area contributed by atoms with Gasteiger partial charge in [0.05, 0.1) is 28.7 Å². The highest BCUT2D eigenvalue weighted by Crippen LogP contribution is 2.47. The Labute approximate surface area is 269 Å². The van der Waals surface area contributed by atoms with Gasteiger partial charge in [0, 0.05) is 6.42 Å². The van der Waals surface area contributed by atoms with Crippen molar-refractivity contribution in [1.29, 1.82) is 0 Å². The second-order valence-corrected chi connectivity index (χ2v) is 10.9. The molecule has 0 saturated carbocycles. The van der Waals surface area contributed by atoms with E-state index in [-0.39, 0.29) is 30.1 Å². The number of hydrogen-bond donors (Lipinski definition) is 1. The Kier molecular flexibility index (Phi) is 8.76. The number of nitrogens with zero attached hydrogens (tertiary/aromatic N) is 4. The first-order chi connectivity index (χ1) is 22.8. The van der Waals surface area contributed by atoms with E-state index in [0.717, 1.165) is 0 Å². The van der Waals surface area contributed by atoms with Gasteiger partial charge in [-0.05, 0) is 43.3 Å². The van der Waals surface area contributed by atoms with Gasteiger partial charge < -0.3 is 24.7 Å². The number of carbonyl (C=O) groups excluding carboxylic acids is 3. The van der Waals surface area contributed by atoms with Gasteiger partial charge in [-0.15, -0.1) is 6.58 Å². The Balaban J connectivity index is 1.48. The minimum atomic E-state index is -1.76. The smallest absolute Gasteiger partial charge is 0.338 e. The van der Waals surface area contributed by atoms with E-state index in [1.54, 1.807) is 102 Å². The predicted molar refractivity (Wildman–Crippen MR) is 170 cm³/mol. The minimum Gasteiger partial charge on any atom is -0.459 e. The van der Waals surface area contributed by atoms with Crippen molar-refractivity contribution < 1.29 is 33.3 Å². The molecule has 47 heavy (non-hydrogen) atoms. The summed E-state index contributed by atoms with van der Waals surface area (Å²) in [6, 6.07) is 25.1. The number of fused-ring (bicyclic) bond motifs is 1. The van der Waals surface area contributed by atoms with Crippen LogP contribution in [0.3, 0.4) is 0 Å². The quantitative estimate of drug-likeness (QED) is 0.127. The molecule has 2 N–H and O–H groups in total. The molecule has 1 aliphatic heterocycles. The molecule has 0 radical (unpaired) electrons. The van der Waals surface area contributed by atoms with Gasteiger partial charge in [0.2, 0.25) is 5.95 Å². The maximum atomic E-state index is 13.8. The number of esters is 3. The van der Waals surface area contributed by atoms with E-state index in [4.69, 9.17) is 24.7 Å². The summed E-state index contributed by atoms with van der Waals surface area (Å²) in [5.41, 5.74) is 6.32. The van der Waals surface area contributed by atoms with Gasteiger partial charge in [0.15, 0.2) is 23.6 Å². The number of imidazole rings is 1. The molecular formula is C35H31N5O7. The topological polar surface area (TPSA) is 158 Å². The zero-order valence-corrected chi connectivity index (χ0v) is 25.4. The van der Waals surface area contributed by atoms with Gasteiger partial charge in [-0.3, -0.25) is 4.57 Å². The maximum absolute atomic E-state index is 13.8. The number of anilines is 1. The predicted octanol–water partition coefficient (Wildman–Crippen LogP) is 4.87. The van der Waals surface area contributed by atoms with Crippen molar-refractivity contribution in [3.05, 3.63) is 132 Å². The van der Waals surface area contributed by atoms with Crippen LogP contribution in [0.4, 0.5) is 5.95 Å². The number of nitrogen functional groups attached to an aromatic ring is 1. The monoisotopic (exact) mass is 633 g/mol. The first-order valence-electron chi connectivity index (χ1n) is 14.8. The van der Waals surface area contributed by atoms with E-state index in [0.29, 0.717) is 22.4 Å². The molecule has 3 heterocycles. The molecule has 0 bridgehead atoms. The molecule has 2 unspecified atom stereocenters. The number of aryl methyl sites for hydroxylation is 1. The van der Waals surface area contributed by atoms with Crippen LogP contribution in [0.25, 0.3) is 11.2 Å². The molecule has 0 amide bonds. The van der Waals surface area contributed by atoms with Crippen molar-refractivity contribution in [3.63, 3.8) is 0 Å². The first kappa shape index (κ1) is 31.1. The van der Waals surface area contributed by atoms with Crippen molar-refractivity contribution in [2.24, 2.45) is 0 Å². The number of benzene rings is 3. The zero-order chi connectivity index (χ0) is 33.0. The summed E-state index contributed by atoms with van der Waals surface area (Å²) in [5, 5.41) is 0. The van der Waals surface area contributed by atoms with Crippen LogP contribution in [0.2, 0.25) is 0 Å². The first-order valence-corrected chi connectivity index (χ1v) is 14.8. The van der Waals surface area contributed by atoms with Crippen LogP contribution in [0.1, 0.15) is 49.4 Å². The fourth-order valence-electron chi connectivity index (χ4n) is 5.63. The van der Waals surface area contributed by atoms with Crippen molar-refractivity contribution in [2.75, 3.05) is 12.3 Å². The lowest BCUT2D eigenvalue weighted by molar-refractivity contribution is -0.117. The van der Waals surface area contributed by atoms with Crippen LogP contribution in [-0.4, -0.2) is 61.8 Å². The molecule has 0 aliphatic carbocycles. The highest BCUT2D eigenvalue weighted by molar-refractivity contribution is 5.91. The molecule has 2 aromatic heterocycles. The summed E-state index contributed by atoms with van der Waals surface area (Å²) in [7, 11) is 0. The standard InChI is InChI=1S/C35H31N5O7/c1-3-19-35(47-32(43)25-17-11-6-12-18-25)28(46-31(42)24-15-9-5-10-16-24)26(20-44-30(41)23-13-7-4-8-14-23)45-33(35)40-21-37-27-22(2)38-34(36)39-29(27)40/h3-18,21,26,28,33H,1,19-20H2,2H3,(H2,36,38,39)/t26?,28-,33?,35-/m1/s1. The molecular weight excluding hydrogens is 602 g/mol. The molecule has 12 nitrogen and oxygen atoms in total. The van der Waals surface area contributed by atoms with E-state index in [1.165, 1.54) is 12.4 Å². The van der Waals surface area contributed by atoms with Crippen molar-refractivity contribution >= 4 is 35.0 Å².